The fourth-order valence-corrected chi connectivity index (χ4v) is 4.51. The minimum absolute atomic E-state index is 0.593. The van der Waals surface area contributed by atoms with Gasteiger partial charge >= 0.3 is 0 Å². The average Bonchev–Trinajstić information content (AvgIpc) is 3.03. The Kier molecular flexibility index (Phi) is 5.92. The minimum Gasteiger partial charge on any atom is -0.379 e. The Hall–Kier alpha value is -0.160. The number of hydrogen-bond donors (Lipinski definition) is 2. The van der Waals surface area contributed by atoms with E-state index in [9.17, 15) is 0 Å². The Balaban J connectivity index is 1.48. The lowest BCUT2D eigenvalue weighted by atomic mass is 9.79. The predicted octanol–water partition coefficient (Wildman–Crippen LogP) is 1.61. The van der Waals surface area contributed by atoms with Crippen molar-refractivity contribution in [2.24, 2.45) is 5.92 Å². The van der Waals surface area contributed by atoms with E-state index in [1.807, 2.05) is 0 Å². The predicted molar refractivity (Wildman–Crippen MR) is 86.6 cm³/mol. The molecule has 21 heavy (non-hydrogen) atoms. The van der Waals surface area contributed by atoms with Gasteiger partial charge in [0.05, 0.1) is 13.2 Å². The van der Waals surface area contributed by atoms with E-state index in [2.05, 4.69) is 22.5 Å². The van der Waals surface area contributed by atoms with Gasteiger partial charge in [0.1, 0.15) is 0 Å². The number of nitrogens with zero attached hydrogens (tertiary/aromatic N) is 1. The summed E-state index contributed by atoms with van der Waals surface area (Å²) in [7, 11) is 0. The Morgan fingerprint density at radius 1 is 1.14 bits per heavy atom. The highest BCUT2D eigenvalue weighted by Crippen LogP contribution is 2.30. The van der Waals surface area contributed by atoms with Crippen LogP contribution in [0.15, 0.2) is 0 Å². The summed E-state index contributed by atoms with van der Waals surface area (Å²) in [6.07, 6.45) is 8.39. The molecule has 4 heteroatoms. The fraction of sp³-hybridized carbons (Fsp3) is 1.00. The molecule has 3 fully saturated rings. The molecule has 1 saturated carbocycles. The van der Waals surface area contributed by atoms with Gasteiger partial charge in [-0.2, -0.15) is 0 Å². The zero-order chi connectivity index (χ0) is 14.5. The van der Waals surface area contributed by atoms with Gasteiger partial charge in [-0.1, -0.05) is 12.8 Å². The van der Waals surface area contributed by atoms with Crippen molar-refractivity contribution < 1.29 is 4.74 Å². The molecule has 2 aliphatic heterocycles. The van der Waals surface area contributed by atoms with Gasteiger partial charge in [0.15, 0.2) is 0 Å². The molecule has 2 N–H and O–H groups in total. The smallest absolute Gasteiger partial charge is 0.0594 e. The zero-order valence-corrected chi connectivity index (χ0v) is 13.7. The monoisotopic (exact) mass is 295 g/mol. The number of rotatable bonds is 5. The standard InChI is InChI=1S/C17H33N3O/c1-14(13-20-9-11-21-12-10-20)19-17-6-3-2-5-15(17)16-7-4-8-18-16/h14-19H,2-13H2,1H3. The van der Waals surface area contributed by atoms with Crippen LogP contribution in [0.1, 0.15) is 45.4 Å². The summed E-state index contributed by atoms with van der Waals surface area (Å²) >= 11 is 0. The molecule has 4 nitrogen and oxygen atoms in total. The van der Waals surface area contributed by atoms with E-state index >= 15 is 0 Å². The summed E-state index contributed by atoms with van der Waals surface area (Å²) in [6, 6.07) is 2.10. The number of hydrogen-bond acceptors (Lipinski definition) is 4. The van der Waals surface area contributed by atoms with E-state index in [1.54, 1.807) is 0 Å². The number of ether oxygens (including phenoxy) is 1. The van der Waals surface area contributed by atoms with Crippen molar-refractivity contribution in [3.8, 4) is 0 Å². The fourth-order valence-electron chi connectivity index (χ4n) is 4.51. The normalized spacial score (nSPS) is 36.7. The van der Waals surface area contributed by atoms with Crippen molar-refractivity contribution in [1.29, 1.82) is 0 Å². The molecule has 4 atom stereocenters. The first-order valence-electron chi connectivity index (χ1n) is 9.12. The summed E-state index contributed by atoms with van der Waals surface area (Å²) in [5, 5.41) is 7.71. The molecule has 122 valence electrons. The van der Waals surface area contributed by atoms with E-state index in [0.29, 0.717) is 6.04 Å². The highest BCUT2D eigenvalue weighted by molar-refractivity contribution is 4.92. The third-order valence-electron chi connectivity index (χ3n) is 5.57. The average molecular weight is 295 g/mol. The molecule has 0 radical (unpaired) electrons. The topological polar surface area (TPSA) is 36.5 Å². The molecular weight excluding hydrogens is 262 g/mol. The van der Waals surface area contributed by atoms with E-state index in [4.69, 9.17) is 4.74 Å². The quantitative estimate of drug-likeness (QED) is 0.808. The van der Waals surface area contributed by atoms with Crippen LogP contribution < -0.4 is 10.6 Å². The summed E-state index contributed by atoms with van der Waals surface area (Å²) in [4.78, 5) is 2.55. The molecule has 4 unspecified atom stereocenters. The van der Waals surface area contributed by atoms with Crippen molar-refractivity contribution in [3.05, 3.63) is 0 Å². The van der Waals surface area contributed by atoms with Crippen molar-refractivity contribution >= 4 is 0 Å². The molecule has 0 spiro atoms. The van der Waals surface area contributed by atoms with E-state index < -0.39 is 0 Å². The van der Waals surface area contributed by atoms with E-state index in [0.717, 1.165) is 44.3 Å². The first-order chi connectivity index (χ1) is 10.3. The van der Waals surface area contributed by atoms with Crippen molar-refractivity contribution in [2.45, 2.75) is 63.6 Å². The maximum absolute atomic E-state index is 5.45. The number of nitrogens with one attached hydrogen (secondary N) is 2. The van der Waals surface area contributed by atoms with Gasteiger partial charge in [-0.3, -0.25) is 4.90 Å². The molecule has 0 aromatic carbocycles. The summed E-state index contributed by atoms with van der Waals surface area (Å²) in [5.41, 5.74) is 0. The second kappa shape index (κ2) is 7.91. The highest BCUT2D eigenvalue weighted by Gasteiger charge is 2.33. The van der Waals surface area contributed by atoms with Crippen molar-refractivity contribution in [1.82, 2.24) is 15.5 Å². The third kappa shape index (κ3) is 4.41. The molecular formula is C17H33N3O. The molecule has 3 rings (SSSR count). The van der Waals surface area contributed by atoms with Crippen molar-refractivity contribution in [3.63, 3.8) is 0 Å². The van der Waals surface area contributed by atoms with Crippen LogP contribution >= 0.6 is 0 Å². The highest BCUT2D eigenvalue weighted by atomic mass is 16.5. The molecule has 3 aliphatic rings. The van der Waals surface area contributed by atoms with Crippen LogP contribution in [0.4, 0.5) is 0 Å². The maximum atomic E-state index is 5.45. The molecule has 2 heterocycles. The lowest BCUT2D eigenvalue weighted by Gasteiger charge is -2.39. The Morgan fingerprint density at radius 2 is 1.95 bits per heavy atom. The maximum Gasteiger partial charge on any atom is 0.0594 e. The first kappa shape index (κ1) is 15.7. The number of morpholine rings is 1. The lowest BCUT2D eigenvalue weighted by molar-refractivity contribution is 0.0327. The zero-order valence-electron chi connectivity index (χ0n) is 13.7. The van der Waals surface area contributed by atoms with Gasteiger partial charge in [0.2, 0.25) is 0 Å². The summed E-state index contributed by atoms with van der Waals surface area (Å²) in [5.74, 6) is 0.855. The Morgan fingerprint density at radius 3 is 2.71 bits per heavy atom. The third-order valence-corrected chi connectivity index (χ3v) is 5.57. The Labute approximate surface area is 130 Å². The summed E-state index contributed by atoms with van der Waals surface area (Å²) in [6.45, 7) is 8.79. The van der Waals surface area contributed by atoms with Crippen LogP contribution in [0.5, 0.6) is 0 Å². The SMILES string of the molecule is CC(CN1CCOCC1)NC1CCCCC1C1CCCN1. The van der Waals surface area contributed by atoms with Gasteiger partial charge < -0.3 is 15.4 Å². The first-order valence-corrected chi connectivity index (χ1v) is 9.12. The lowest BCUT2D eigenvalue weighted by Crippen LogP contribution is -2.52. The molecule has 0 bridgehead atoms. The molecule has 0 aromatic heterocycles. The van der Waals surface area contributed by atoms with Crippen LogP contribution in [-0.4, -0.2) is 62.4 Å². The van der Waals surface area contributed by atoms with Crippen molar-refractivity contribution in [2.75, 3.05) is 39.4 Å². The van der Waals surface area contributed by atoms with E-state index in [1.165, 1.54) is 51.6 Å². The minimum atomic E-state index is 0.593. The van der Waals surface area contributed by atoms with Gasteiger partial charge in [-0.25, -0.2) is 0 Å². The van der Waals surface area contributed by atoms with Crippen LogP contribution in [0.25, 0.3) is 0 Å². The largest absolute Gasteiger partial charge is 0.379 e. The van der Waals surface area contributed by atoms with Gasteiger partial charge in [0, 0.05) is 37.8 Å². The van der Waals surface area contributed by atoms with Crippen LogP contribution in [0, 0.1) is 5.92 Å². The second-order valence-corrected chi connectivity index (χ2v) is 7.24. The molecule has 0 aromatic rings. The van der Waals surface area contributed by atoms with Gasteiger partial charge in [-0.15, -0.1) is 0 Å². The molecule has 0 amide bonds. The van der Waals surface area contributed by atoms with E-state index in [-0.39, 0.29) is 0 Å². The van der Waals surface area contributed by atoms with Crippen LogP contribution in [-0.2, 0) is 4.74 Å². The summed E-state index contributed by atoms with van der Waals surface area (Å²) < 4.78 is 5.45. The Bertz CT molecular complexity index is 300. The molecule has 2 saturated heterocycles. The van der Waals surface area contributed by atoms with Crippen LogP contribution in [0.3, 0.4) is 0 Å². The van der Waals surface area contributed by atoms with Gasteiger partial charge in [-0.05, 0) is 45.1 Å². The van der Waals surface area contributed by atoms with Crippen LogP contribution in [0.2, 0.25) is 0 Å². The second-order valence-electron chi connectivity index (χ2n) is 7.24. The van der Waals surface area contributed by atoms with Gasteiger partial charge in [0.25, 0.3) is 0 Å². The molecule has 1 aliphatic carbocycles.